The van der Waals surface area contributed by atoms with Crippen molar-refractivity contribution in [3.63, 3.8) is 0 Å². The van der Waals surface area contributed by atoms with Crippen molar-refractivity contribution in [2.24, 2.45) is 0 Å². The van der Waals surface area contributed by atoms with Gasteiger partial charge in [0.05, 0.1) is 0 Å². The lowest BCUT2D eigenvalue weighted by molar-refractivity contribution is 0.0729. The molecule has 0 saturated carbocycles. The Morgan fingerprint density at radius 3 is 2.52 bits per heavy atom. The number of aromatic nitrogens is 1. The fourth-order valence-corrected chi connectivity index (χ4v) is 4.42. The fraction of sp³-hybridized carbons (Fsp3) is 0.300. The molecule has 0 atom stereocenters. The lowest BCUT2D eigenvalue weighted by atomic mass is 10.0. The summed E-state index contributed by atoms with van der Waals surface area (Å²) in [5.74, 6) is 0.0571. The first kappa shape index (κ1) is 17.9. The van der Waals surface area contributed by atoms with Crippen LogP contribution >= 0.6 is 22.9 Å². The zero-order valence-electron chi connectivity index (χ0n) is 14.6. The molecule has 3 aromatic rings. The van der Waals surface area contributed by atoms with E-state index in [-0.39, 0.29) is 11.9 Å². The molecular formula is C20H21ClN2OS. The molecule has 0 radical (unpaired) electrons. The van der Waals surface area contributed by atoms with Gasteiger partial charge in [0.1, 0.15) is 9.71 Å². The summed E-state index contributed by atoms with van der Waals surface area (Å²) in [6, 6.07) is 11.8. The van der Waals surface area contributed by atoms with Gasteiger partial charge < -0.3 is 4.90 Å². The van der Waals surface area contributed by atoms with Gasteiger partial charge in [-0.25, -0.2) is 4.98 Å². The van der Waals surface area contributed by atoms with Gasteiger partial charge in [-0.05, 0) is 42.7 Å². The van der Waals surface area contributed by atoms with Crippen LogP contribution in [0.25, 0.3) is 21.3 Å². The van der Waals surface area contributed by atoms with Gasteiger partial charge in [0.15, 0.2) is 0 Å². The van der Waals surface area contributed by atoms with E-state index in [0.29, 0.717) is 5.02 Å². The maximum absolute atomic E-state index is 13.2. The van der Waals surface area contributed by atoms with Crippen LogP contribution in [-0.2, 0) is 0 Å². The van der Waals surface area contributed by atoms with Crippen LogP contribution in [-0.4, -0.2) is 28.9 Å². The standard InChI is InChI=1S/C20H21ClN2OS/c1-4-15(5-2)23(3)20(24)18-17(13-8-10-14(21)11-9-13)16-7-6-12-22-19(16)25-18/h6-12,15H,4-5H2,1-3H3. The van der Waals surface area contributed by atoms with Gasteiger partial charge >= 0.3 is 0 Å². The Morgan fingerprint density at radius 1 is 1.20 bits per heavy atom. The summed E-state index contributed by atoms with van der Waals surface area (Å²) in [4.78, 5) is 21.2. The van der Waals surface area contributed by atoms with E-state index < -0.39 is 0 Å². The van der Waals surface area contributed by atoms with Gasteiger partial charge in [-0.3, -0.25) is 4.79 Å². The lowest BCUT2D eigenvalue weighted by Crippen LogP contribution is -2.36. The predicted molar refractivity (Wildman–Crippen MR) is 107 cm³/mol. The molecule has 2 heterocycles. The zero-order chi connectivity index (χ0) is 18.0. The number of nitrogens with zero attached hydrogens (tertiary/aromatic N) is 2. The van der Waals surface area contributed by atoms with Crippen LogP contribution in [0.5, 0.6) is 0 Å². The monoisotopic (exact) mass is 372 g/mol. The zero-order valence-corrected chi connectivity index (χ0v) is 16.2. The summed E-state index contributed by atoms with van der Waals surface area (Å²) in [6.45, 7) is 4.23. The Hall–Kier alpha value is -1.91. The van der Waals surface area contributed by atoms with Crippen LogP contribution in [0, 0.1) is 0 Å². The van der Waals surface area contributed by atoms with Crippen molar-refractivity contribution in [2.75, 3.05) is 7.05 Å². The lowest BCUT2D eigenvalue weighted by Gasteiger charge is -2.26. The number of rotatable bonds is 5. The number of amides is 1. The first-order chi connectivity index (χ1) is 12.1. The predicted octanol–water partition coefficient (Wildman–Crippen LogP) is 5.88. The molecule has 0 saturated heterocycles. The molecule has 0 N–H and O–H groups in total. The van der Waals surface area contributed by atoms with E-state index in [2.05, 4.69) is 18.8 Å². The maximum atomic E-state index is 13.2. The average molecular weight is 373 g/mol. The molecule has 0 bridgehead atoms. The van der Waals surface area contributed by atoms with E-state index in [9.17, 15) is 4.79 Å². The Kier molecular flexibility index (Phi) is 5.40. The molecule has 0 fully saturated rings. The van der Waals surface area contributed by atoms with Crippen molar-refractivity contribution in [3.05, 3.63) is 52.5 Å². The highest BCUT2D eigenvalue weighted by Gasteiger charge is 2.25. The molecule has 0 aliphatic heterocycles. The molecule has 130 valence electrons. The SMILES string of the molecule is CCC(CC)N(C)C(=O)c1sc2ncccc2c1-c1ccc(Cl)cc1. The fourth-order valence-electron chi connectivity index (χ4n) is 3.15. The molecule has 1 amide bonds. The smallest absolute Gasteiger partial charge is 0.264 e. The van der Waals surface area contributed by atoms with E-state index in [4.69, 9.17) is 11.6 Å². The number of carbonyl (C=O) groups excluding carboxylic acids is 1. The highest BCUT2D eigenvalue weighted by molar-refractivity contribution is 7.21. The average Bonchev–Trinajstić information content (AvgIpc) is 3.02. The third-order valence-corrected chi connectivity index (χ3v) is 5.96. The first-order valence-electron chi connectivity index (χ1n) is 8.47. The van der Waals surface area contributed by atoms with E-state index in [1.807, 2.05) is 48.3 Å². The van der Waals surface area contributed by atoms with E-state index >= 15 is 0 Å². The minimum Gasteiger partial charge on any atom is -0.338 e. The Bertz CT molecular complexity index is 884. The molecule has 2 aromatic heterocycles. The molecule has 5 heteroatoms. The summed E-state index contributed by atoms with van der Waals surface area (Å²) in [5, 5.41) is 1.69. The van der Waals surface area contributed by atoms with Gasteiger partial charge in [0, 0.05) is 35.3 Å². The van der Waals surface area contributed by atoms with E-state index in [1.165, 1.54) is 11.3 Å². The van der Waals surface area contributed by atoms with Crippen LogP contribution < -0.4 is 0 Å². The molecule has 3 nitrogen and oxygen atoms in total. The maximum Gasteiger partial charge on any atom is 0.264 e. The van der Waals surface area contributed by atoms with Crippen LogP contribution in [0.4, 0.5) is 0 Å². The molecule has 25 heavy (non-hydrogen) atoms. The van der Waals surface area contributed by atoms with E-state index in [1.54, 1.807) is 6.20 Å². The minimum absolute atomic E-state index is 0.0571. The van der Waals surface area contributed by atoms with Gasteiger partial charge in [-0.15, -0.1) is 11.3 Å². The van der Waals surface area contributed by atoms with Crippen LogP contribution in [0.3, 0.4) is 0 Å². The second kappa shape index (κ2) is 7.54. The number of fused-ring (bicyclic) bond motifs is 1. The van der Waals surface area contributed by atoms with Crippen molar-refractivity contribution in [3.8, 4) is 11.1 Å². The normalized spacial score (nSPS) is 11.2. The molecule has 1 aromatic carbocycles. The second-order valence-electron chi connectivity index (χ2n) is 6.06. The number of thiophene rings is 1. The van der Waals surface area contributed by atoms with Crippen molar-refractivity contribution in [2.45, 2.75) is 32.7 Å². The van der Waals surface area contributed by atoms with Gasteiger partial charge in [0.25, 0.3) is 5.91 Å². The number of halogens is 1. The summed E-state index contributed by atoms with van der Waals surface area (Å²) in [6.07, 6.45) is 3.65. The highest BCUT2D eigenvalue weighted by Crippen LogP contribution is 2.39. The van der Waals surface area contributed by atoms with Gasteiger partial charge in [-0.1, -0.05) is 37.6 Å². The number of pyridine rings is 1. The van der Waals surface area contributed by atoms with Crippen molar-refractivity contribution < 1.29 is 4.79 Å². The topological polar surface area (TPSA) is 33.2 Å². The number of benzene rings is 1. The number of hydrogen-bond donors (Lipinski definition) is 0. The summed E-state index contributed by atoms with van der Waals surface area (Å²) in [5.41, 5.74) is 1.94. The Balaban J connectivity index is 2.16. The van der Waals surface area contributed by atoms with Crippen molar-refractivity contribution in [1.29, 1.82) is 0 Å². The van der Waals surface area contributed by atoms with Crippen molar-refractivity contribution >= 4 is 39.1 Å². The quantitative estimate of drug-likeness (QED) is 0.560. The number of hydrogen-bond acceptors (Lipinski definition) is 3. The molecule has 0 aliphatic carbocycles. The minimum atomic E-state index is 0.0571. The first-order valence-corrected chi connectivity index (χ1v) is 9.66. The molecular weight excluding hydrogens is 352 g/mol. The summed E-state index contributed by atoms with van der Waals surface area (Å²) >= 11 is 7.50. The third-order valence-electron chi connectivity index (χ3n) is 4.60. The van der Waals surface area contributed by atoms with Crippen LogP contribution in [0.15, 0.2) is 42.6 Å². The molecule has 0 unspecified atom stereocenters. The van der Waals surface area contributed by atoms with Gasteiger partial charge in [-0.2, -0.15) is 0 Å². The molecule has 0 aliphatic rings. The molecule has 0 spiro atoms. The van der Waals surface area contributed by atoms with Crippen LogP contribution in [0.2, 0.25) is 5.02 Å². The highest BCUT2D eigenvalue weighted by atomic mass is 35.5. The molecule has 3 rings (SSSR count). The second-order valence-corrected chi connectivity index (χ2v) is 7.49. The largest absolute Gasteiger partial charge is 0.338 e. The van der Waals surface area contributed by atoms with E-state index in [0.717, 1.165) is 39.1 Å². The van der Waals surface area contributed by atoms with Gasteiger partial charge in [0.2, 0.25) is 0 Å². The third kappa shape index (κ3) is 3.42. The Morgan fingerprint density at radius 2 is 1.88 bits per heavy atom. The van der Waals surface area contributed by atoms with Crippen LogP contribution in [0.1, 0.15) is 36.4 Å². The summed E-state index contributed by atoms with van der Waals surface area (Å²) in [7, 11) is 1.89. The number of carbonyl (C=O) groups is 1. The Labute approximate surface area is 157 Å². The summed E-state index contributed by atoms with van der Waals surface area (Å²) < 4.78 is 0. The van der Waals surface area contributed by atoms with Crippen molar-refractivity contribution in [1.82, 2.24) is 9.88 Å².